The molecule has 0 spiro atoms. The summed E-state index contributed by atoms with van der Waals surface area (Å²) in [6.07, 6.45) is 11.3. The third kappa shape index (κ3) is 1.58. The van der Waals surface area contributed by atoms with Gasteiger partial charge in [0.25, 0.3) is 0 Å². The van der Waals surface area contributed by atoms with Crippen molar-refractivity contribution in [3.8, 4) is 0 Å². The van der Waals surface area contributed by atoms with E-state index in [1.807, 2.05) is 6.08 Å². The van der Waals surface area contributed by atoms with Crippen LogP contribution in [-0.4, -0.2) is 17.0 Å². The number of aliphatic hydroxyl groups excluding tert-OH is 1. The van der Waals surface area contributed by atoms with Gasteiger partial charge in [0.05, 0.1) is 6.10 Å². The second-order valence-electron chi connectivity index (χ2n) is 8.86. The van der Waals surface area contributed by atoms with Gasteiger partial charge < -0.3 is 5.11 Å². The van der Waals surface area contributed by atoms with Crippen LogP contribution in [-0.2, 0) is 4.79 Å². The standard InChI is InChI=1S/C20H28O2/c1-2-20-8-7-14-13-6-4-12(21)9-11(13)3-5-15(14)18(20)16-10-17(16)19(20)22/h9,13-19,22H,2-8,10H2,1H3/t13-,14+,15+,16-,17+,18+,19-,20-/m0/s1. The van der Waals surface area contributed by atoms with Crippen LogP contribution in [0.3, 0.4) is 0 Å². The van der Waals surface area contributed by atoms with Crippen LogP contribution in [0.25, 0.3) is 0 Å². The lowest BCUT2D eigenvalue weighted by molar-refractivity contribution is -0.116. The second-order valence-corrected chi connectivity index (χ2v) is 8.86. The van der Waals surface area contributed by atoms with Gasteiger partial charge in [0.1, 0.15) is 0 Å². The molecule has 0 aromatic rings. The van der Waals surface area contributed by atoms with Gasteiger partial charge in [-0.25, -0.2) is 0 Å². The molecular weight excluding hydrogens is 272 g/mol. The normalized spacial score (nSPS) is 55.6. The molecule has 2 heteroatoms. The Morgan fingerprint density at radius 3 is 2.82 bits per heavy atom. The van der Waals surface area contributed by atoms with Crippen LogP contribution in [0.2, 0.25) is 0 Å². The monoisotopic (exact) mass is 300 g/mol. The highest BCUT2D eigenvalue weighted by molar-refractivity contribution is 5.91. The molecule has 5 rings (SSSR count). The number of carbonyl (C=O) groups is 1. The molecule has 0 heterocycles. The maximum atomic E-state index is 11.8. The molecule has 0 radical (unpaired) electrons. The van der Waals surface area contributed by atoms with Crippen LogP contribution in [0.1, 0.15) is 58.3 Å². The number of allylic oxidation sites excluding steroid dienone is 1. The predicted octanol–water partition coefficient (Wildman–Crippen LogP) is 3.74. The molecule has 4 saturated carbocycles. The first-order valence-electron chi connectivity index (χ1n) is 9.57. The Morgan fingerprint density at radius 2 is 2.00 bits per heavy atom. The fourth-order valence-corrected chi connectivity index (χ4v) is 7.50. The zero-order valence-corrected chi connectivity index (χ0v) is 13.6. The van der Waals surface area contributed by atoms with E-state index in [1.54, 1.807) is 0 Å². The van der Waals surface area contributed by atoms with Crippen molar-refractivity contribution in [3.05, 3.63) is 11.6 Å². The van der Waals surface area contributed by atoms with Gasteiger partial charge in [-0.3, -0.25) is 4.79 Å². The van der Waals surface area contributed by atoms with Crippen molar-refractivity contribution in [1.29, 1.82) is 0 Å². The molecule has 0 amide bonds. The lowest BCUT2D eigenvalue weighted by atomic mass is 9.50. The summed E-state index contributed by atoms with van der Waals surface area (Å²) >= 11 is 0. The van der Waals surface area contributed by atoms with Gasteiger partial charge in [-0.15, -0.1) is 0 Å². The van der Waals surface area contributed by atoms with Gasteiger partial charge in [-0.05, 0) is 91.9 Å². The number of hydrogen-bond acceptors (Lipinski definition) is 2. The van der Waals surface area contributed by atoms with Gasteiger partial charge in [-0.2, -0.15) is 0 Å². The third-order valence-electron chi connectivity index (χ3n) is 8.43. The Morgan fingerprint density at radius 1 is 1.14 bits per heavy atom. The number of fused-ring (bicyclic) bond motifs is 7. The number of aliphatic hydroxyl groups is 1. The van der Waals surface area contributed by atoms with Crippen LogP contribution < -0.4 is 0 Å². The lowest BCUT2D eigenvalue weighted by Crippen LogP contribution is -2.50. The zero-order valence-electron chi connectivity index (χ0n) is 13.6. The van der Waals surface area contributed by atoms with E-state index in [0.717, 1.165) is 42.9 Å². The number of ketones is 1. The van der Waals surface area contributed by atoms with Gasteiger partial charge in [0.2, 0.25) is 0 Å². The van der Waals surface area contributed by atoms with Crippen LogP contribution >= 0.6 is 0 Å². The fourth-order valence-electron chi connectivity index (χ4n) is 7.50. The van der Waals surface area contributed by atoms with Gasteiger partial charge >= 0.3 is 0 Å². The molecule has 5 aliphatic carbocycles. The third-order valence-corrected chi connectivity index (χ3v) is 8.43. The Kier molecular flexibility index (Phi) is 2.80. The van der Waals surface area contributed by atoms with E-state index in [9.17, 15) is 9.90 Å². The van der Waals surface area contributed by atoms with Crippen molar-refractivity contribution in [2.45, 2.75) is 64.4 Å². The number of hydrogen-bond donors (Lipinski definition) is 1. The fraction of sp³-hybridized carbons (Fsp3) is 0.850. The van der Waals surface area contributed by atoms with Crippen LogP contribution in [0.5, 0.6) is 0 Å². The van der Waals surface area contributed by atoms with E-state index < -0.39 is 0 Å². The predicted molar refractivity (Wildman–Crippen MR) is 85.1 cm³/mol. The smallest absolute Gasteiger partial charge is 0.155 e. The van der Waals surface area contributed by atoms with Crippen molar-refractivity contribution >= 4 is 5.78 Å². The zero-order chi connectivity index (χ0) is 15.1. The molecule has 0 aliphatic heterocycles. The molecule has 0 saturated heterocycles. The summed E-state index contributed by atoms with van der Waals surface area (Å²) in [4.78, 5) is 11.8. The Bertz CT molecular complexity index is 550. The minimum absolute atomic E-state index is 0.0154. The highest BCUT2D eigenvalue weighted by Crippen LogP contribution is 2.73. The second kappa shape index (κ2) is 4.47. The topological polar surface area (TPSA) is 37.3 Å². The highest BCUT2D eigenvalue weighted by atomic mass is 16.3. The Labute approximate surface area is 133 Å². The van der Waals surface area contributed by atoms with Crippen molar-refractivity contribution in [2.24, 2.45) is 40.9 Å². The van der Waals surface area contributed by atoms with Crippen LogP contribution in [0.15, 0.2) is 11.6 Å². The largest absolute Gasteiger partial charge is 0.392 e. The Balaban J connectivity index is 1.50. The van der Waals surface area contributed by atoms with E-state index in [1.165, 1.54) is 37.7 Å². The summed E-state index contributed by atoms with van der Waals surface area (Å²) in [7, 11) is 0. The molecule has 0 bridgehead atoms. The quantitative estimate of drug-likeness (QED) is 0.801. The SMILES string of the molecule is CC[C@]12CC[C@H]3[C@@H](CCC4=CC(=O)CC[C@@H]43)[C@@H]1[C@H]1C[C@H]1[C@@H]2O. The van der Waals surface area contributed by atoms with Crippen LogP contribution in [0, 0.1) is 40.9 Å². The molecule has 22 heavy (non-hydrogen) atoms. The first-order valence-corrected chi connectivity index (χ1v) is 9.57. The first-order chi connectivity index (χ1) is 10.7. The molecule has 120 valence electrons. The maximum Gasteiger partial charge on any atom is 0.155 e. The van der Waals surface area contributed by atoms with Gasteiger partial charge in [-0.1, -0.05) is 12.5 Å². The van der Waals surface area contributed by atoms with Crippen molar-refractivity contribution in [2.75, 3.05) is 0 Å². The van der Waals surface area contributed by atoms with Crippen LogP contribution in [0.4, 0.5) is 0 Å². The Hall–Kier alpha value is -0.630. The molecule has 0 unspecified atom stereocenters. The molecule has 1 N–H and O–H groups in total. The van der Waals surface area contributed by atoms with E-state index in [-0.39, 0.29) is 11.5 Å². The summed E-state index contributed by atoms with van der Waals surface area (Å²) in [6, 6.07) is 0. The average Bonchev–Trinajstić information content (AvgIpc) is 3.27. The van der Waals surface area contributed by atoms with Gasteiger partial charge in [0.15, 0.2) is 5.78 Å². The summed E-state index contributed by atoms with van der Waals surface area (Å²) in [5.74, 6) is 4.95. The molecule has 5 aliphatic rings. The minimum Gasteiger partial charge on any atom is -0.392 e. The van der Waals surface area contributed by atoms with Crippen molar-refractivity contribution in [1.82, 2.24) is 0 Å². The van der Waals surface area contributed by atoms with E-state index >= 15 is 0 Å². The molecule has 0 aromatic heterocycles. The van der Waals surface area contributed by atoms with Crippen molar-refractivity contribution < 1.29 is 9.90 Å². The van der Waals surface area contributed by atoms with Gasteiger partial charge in [0, 0.05) is 6.42 Å². The maximum absolute atomic E-state index is 11.8. The first kappa shape index (κ1) is 13.8. The van der Waals surface area contributed by atoms with E-state index in [2.05, 4.69) is 6.92 Å². The van der Waals surface area contributed by atoms with Crippen molar-refractivity contribution in [3.63, 3.8) is 0 Å². The molecule has 8 atom stereocenters. The summed E-state index contributed by atoms with van der Waals surface area (Å²) in [5.41, 5.74) is 1.73. The minimum atomic E-state index is -0.0154. The molecular formula is C20H28O2. The average molecular weight is 300 g/mol. The molecule has 0 aromatic carbocycles. The van der Waals surface area contributed by atoms with E-state index in [4.69, 9.17) is 0 Å². The molecule has 4 fully saturated rings. The summed E-state index contributed by atoms with van der Waals surface area (Å²) in [6.45, 7) is 2.31. The summed E-state index contributed by atoms with van der Waals surface area (Å²) < 4.78 is 0. The van der Waals surface area contributed by atoms with E-state index in [0.29, 0.717) is 17.6 Å². The summed E-state index contributed by atoms with van der Waals surface area (Å²) in [5, 5.41) is 10.9. The number of rotatable bonds is 1. The highest BCUT2D eigenvalue weighted by Gasteiger charge is 2.69. The lowest BCUT2D eigenvalue weighted by Gasteiger charge is -2.55. The number of carbonyl (C=O) groups excluding carboxylic acids is 1. The molecule has 2 nitrogen and oxygen atoms in total.